The molecule has 9 heavy (non-hydrogen) atoms. The standard InChI is InChI=1S/C7H15NO/c1-6-7(3-4-9)5-8(6)2/h6-7,9H,3-5H2,1-2H3/t6-,7-/m0/s1. The van der Waals surface area contributed by atoms with Crippen molar-refractivity contribution in [3.8, 4) is 0 Å². The van der Waals surface area contributed by atoms with Crippen LogP contribution in [0.2, 0.25) is 0 Å². The van der Waals surface area contributed by atoms with Crippen LogP contribution in [0.5, 0.6) is 0 Å². The molecule has 0 aromatic rings. The fraction of sp³-hybridized carbons (Fsp3) is 1.00. The van der Waals surface area contributed by atoms with Crippen molar-refractivity contribution >= 4 is 0 Å². The van der Waals surface area contributed by atoms with Gasteiger partial charge in [0.15, 0.2) is 0 Å². The normalized spacial score (nSPS) is 36.3. The largest absolute Gasteiger partial charge is 0.396 e. The van der Waals surface area contributed by atoms with Gasteiger partial charge in [-0.15, -0.1) is 0 Å². The molecular weight excluding hydrogens is 114 g/mol. The SMILES string of the molecule is C[C@H]1[C@@H](CCO)CN1C. The quantitative estimate of drug-likeness (QED) is 0.580. The number of nitrogens with zero attached hydrogens (tertiary/aromatic N) is 1. The van der Waals surface area contributed by atoms with E-state index in [1.165, 1.54) is 6.54 Å². The molecule has 1 N–H and O–H groups in total. The third-order valence-electron chi connectivity index (χ3n) is 2.40. The van der Waals surface area contributed by atoms with E-state index in [0.717, 1.165) is 12.3 Å². The fourth-order valence-electron chi connectivity index (χ4n) is 1.41. The lowest BCUT2D eigenvalue weighted by Gasteiger charge is -2.43. The molecule has 0 aromatic heterocycles. The van der Waals surface area contributed by atoms with Crippen molar-refractivity contribution in [2.75, 3.05) is 20.2 Å². The lowest BCUT2D eigenvalue weighted by atomic mass is 9.88. The molecule has 0 saturated carbocycles. The first kappa shape index (κ1) is 7.03. The Bertz CT molecular complexity index is 92.9. The van der Waals surface area contributed by atoms with Crippen LogP contribution in [0.25, 0.3) is 0 Å². The minimum Gasteiger partial charge on any atom is -0.396 e. The zero-order valence-electron chi connectivity index (χ0n) is 6.17. The van der Waals surface area contributed by atoms with Crippen LogP contribution in [0.15, 0.2) is 0 Å². The van der Waals surface area contributed by atoms with Gasteiger partial charge in [-0.3, -0.25) is 0 Å². The van der Waals surface area contributed by atoms with Gasteiger partial charge in [-0.25, -0.2) is 0 Å². The van der Waals surface area contributed by atoms with Crippen LogP contribution in [-0.2, 0) is 0 Å². The van der Waals surface area contributed by atoms with Crippen molar-refractivity contribution in [3.63, 3.8) is 0 Å². The zero-order valence-corrected chi connectivity index (χ0v) is 6.17. The van der Waals surface area contributed by atoms with E-state index in [-0.39, 0.29) is 0 Å². The number of hydrogen-bond donors (Lipinski definition) is 1. The molecule has 2 atom stereocenters. The van der Waals surface area contributed by atoms with Crippen LogP contribution in [0.1, 0.15) is 13.3 Å². The molecule has 0 amide bonds. The Labute approximate surface area is 56.5 Å². The molecule has 0 aromatic carbocycles. The minimum atomic E-state index is 0.350. The summed E-state index contributed by atoms with van der Waals surface area (Å²) in [6, 6.07) is 0.692. The van der Waals surface area contributed by atoms with Crippen LogP contribution in [0, 0.1) is 5.92 Å². The highest BCUT2D eigenvalue weighted by atomic mass is 16.3. The lowest BCUT2D eigenvalue weighted by Crippen LogP contribution is -2.52. The average molecular weight is 129 g/mol. The third-order valence-corrected chi connectivity index (χ3v) is 2.40. The summed E-state index contributed by atoms with van der Waals surface area (Å²) in [4.78, 5) is 2.31. The summed E-state index contributed by atoms with van der Waals surface area (Å²) >= 11 is 0. The monoisotopic (exact) mass is 129 g/mol. The smallest absolute Gasteiger partial charge is 0.0434 e. The Hall–Kier alpha value is -0.0800. The topological polar surface area (TPSA) is 23.5 Å². The summed E-state index contributed by atoms with van der Waals surface area (Å²) in [5.74, 6) is 0.750. The molecule has 1 rings (SSSR count). The molecule has 1 saturated heterocycles. The molecule has 1 aliphatic rings. The van der Waals surface area contributed by atoms with E-state index in [4.69, 9.17) is 5.11 Å². The maximum absolute atomic E-state index is 8.59. The average Bonchev–Trinajstić information content (AvgIpc) is 1.88. The van der Waals surface area contributed by atoms with Crippen molar-refractivity contribution in [1.29, 1.82) is 0 Å². The molecule has 0 aliphatic carbocycles. The van der Waals surface area contributed by atoms with Gasteiger partial charge in [-0.05, 0) is 26.3 Å². The Morgan fingerprint density at radius 1 is 1.67 bits per heavy atom. The van der Waals surface area contributed by atoms with E-state index >= 15 is 0 Å². The van der Waals surface area contributed by atoms with Crippen molar-refractivity contribution in [1.82, 2.24) is 4.90 Å². The van der Waals surface area contributed by atoms with Crippen molar-refractivity contribution < 1.29 is 5.11 Å². The van der Waals surface area contributed by atoms with Gasteiger partial charge in [0, 0.05) is 19.2 Å². The summed E-state index contributed by atoms with van der Waals surface area (Å²) in [5.41, 5.74) is 0. The highest BCUT2D eigenvalue weighted by Crippen LogP contribution is 2.24. The van der Waals surface area contributed by atoms with E-state index < -0.39 is 0 Å². The summed E-state index contributed by atoms with van der Waals surface area (Å²) in [5, 5.41) is 8.59. The van der Waals surface area contributed by atoms with Gasteiger partial charge in [0.1, 0.15) is 0 Å². The van der Waals surface area contributed by atoms with Crippen LogP contribution in [0.3, 0.4) is 0 Å². The van der Waals surface area contributed by atoms with Crippen molar-refractivity contribution in [3.05, 3.63) is 0 Å². The Morgan fingerprint density at radius 2 is 2.33 bits per heavy atom. The molecule has 0 radical (unpaired) electrons. The van der Waals surface area contributed by atoms with E-state index in [1.54, 1.807) is 0 Å². The second-order valence-corrected chi connectivity index (χ2v) is 2.95. The van der Waals surface area contributed by atoms with E-state index in [0.29, 0.717) is 12.6 Å². The number of rotatable bonds is 2. The Kier molecular flexibility index (Phi) is 2.09. The summed E-state index contributed by atoms with van der Waals surface area (Å²) in [6.07, 6.45) is 0.978. The molecule has 0 spiro atoms. The predicted octanol–water partition coefficient (Wildman–Crippen LogP) is 0.319. The van der Waals surface area contributed by atoms with Crippen LogP contribution >= 0.6 is 0 Å². The minimum absolute atomic E-state index is 0.350. The molecule has 0 unspecified atom stereocenters. The summed E-state index contributed by atoms with van der Waals surface area (Å²) in [6.45, 7) is 3.73. The molecular formula is C7H15NO. The van der Waals surface area contributed by atoms with Gasteiger partial charge in [-0.1, -0.05) is 0 Å². The number of hydrogen-bond acceptors (Lipinski definition) is 2. The van der Waals surface area contributed by atoms with Gasteiger partial charge in [0.05, 0.1) is 0 Å². The molecule has 2 heteroatoms. The van der Waals surface area contributed by atoms with Crippen LogP contribution in [-0.4, -0.2) is 36.2 Å². The second kappa shape index (κ2) is 2.67. The van der Waals surface area contributed by atoms with Gasteiger partial charge in [-0.2, -0.15) is 0 Å². The van der Waals surface area contributed by atoms with Crippen LogP contribution in [0.4, 0.5) is 0 Å². The van der Waals surface area contributed by atoms with E-state index in [9.17, 15) is 0 Å². The van der Waals surface area contributed by atoms with Crippen LogP contribution < -0.4 is 0 Å². The summed E-state index contributed by atoms with van der Waals surface area (Å²) < 4.78 is 0. The molecule has 0 bridgehead atoms. The maximum atomic E-state index is 8.59. The number of aliphatic hydroxyl groups is 1. The molecule has 54 valence electrons. The highest BCUT2D eigenvalue weighted by Gasteiger charge is 2.31. The van der Waals surface area contributed by atoms with Gasteiger partial charge < -0.3 is 10.0 Å². The second-order valence-electron chi connectivity index (χ2n) is 2.95. The molecule has 1 heterocycles. The molecule has 2 nitrogen and oxygen atoms in total. The Morgan fingerprint density at radius 3 is 2.67 bits per heavy atom. The lowest BCUT2D eigenvalue weighted by molar-refractivity contribution is 0.0375. The Balaban J connectivity index is 2.17. The van der Waals surface area contributed by atoms with Crippen molar-refractivity contribution in [2.45, 2.75) is 19.4 Å². The predicted molar refractivity (Wildman–Crippen MR) is 37.3 cm³/mol. The number of aliphatic hydroxyl groups excluding tert-OH is 1. The number of likely N-dealkylation sites (tertiary alicyclic amines) is 1. The zero-order chi connectivity index (χ0) is 6.85. The van der Waals surface area contributed by atoms with Gasteiger partial charge in [0.25, 0.3) is 0 Å². The van der Waals surface area contributed by atoms with Gasteiger partial charge >= 0.3 is 0 Å². The van der Waals surface area contributed by atoms with E-state index in [1.807, 2.05) is 0 Å². The van der Waals surface area contributed by atoms with E-state index in [2.05, 4.69) is 18.9 Å². The maximum Gasteiger partial charge on any atom is 0.0434 e. The molecule has 1 fully saturated rings. The van der Waals surface area contributed by atoms with Crippen molar-refractivity contribution in [2.24, 2.45) is 5.92 Å². The first-order valence-electron chi connectivity index (χ1n) is 3.57. The summed E-state index contributed by atoms with van der Waals surface area (Å²) in [7, 11) is 2.12. The van der Waals surface area contributed by atoms with Gasteiger partial charge in [0.2, 0.25) is 0 Å². The first-order valence-corrected chi connectivity index (χ1v) is 3.57. The highest BCUT2D eigenvalue weighted by molar-refractivity contribution is 4.85. The third kappa shape index (κ3) is 1.25. The molecule has 1 aliphatic heterocycles. The first-order chi connectivity index (χ1) is 4.25. The fourth-order valence-corrected chi connectivity index (χ4v) is 1.41.